The standard InChI is InChI=1S/C8H7Cl2NO/c1-4(12)6-2-5(11)3-7(9)8(6)10/h2-3H,11H2,1H3. The predicted molar refractivity (Wildman–Crippen MR) is 50.9 cm³/mol. The molecule has 0 aromatic heterocycles. The van der Waals surface area contributed by atoms with Crippen molar-refractivity contribution >= 4 is 34.7 Å². The molecule has 0 fully saturated rings. The molecule has 4 heteroatoms. The molecule has 0 atom stereocenters. The van der Waals surface area contributed by atoms with Crippen LogP contribution in [-0.2, 0) is 0 Å². The van der Waals surface area contributed by atoms with Gasteiger partial charge in [-0.2, -0.15) is 0 Å². The van der Waals surface area contributed by atoms with Crippen molar-refractivity contribution in [2.75, 3.05) is 5.73 Å². The number of carbonyl (C=O) groups is 1. The highest BCUT2D eigenvalue weighted by atomic mass is 35.5. The Morgan fingerprint density at radius 3 is 2.50 bits per heavy atom. The molecule has 0 amide bonds. The molecule has 1 aromatic carbocycles. The fraction of sp³-hybridized carbons (Fsp3) is 0.125. The Morgan fingerprint density at radius 1 is 1.42 bits per heavy atom. The monoisotopic (exact) mass is 203 g/mol. The maximum atomic E-state index is 11.0. The summed E-state index contributed by atoms with van der Waals surface area (Å²) >= 11 is 11.5. The SMILES string of the molecule is CC(=O)c1cc(N)cc(Cl)c1Cl. The van der Waals surface area contributed by atoms with Crippen LogP contribution >= 0.6 is 23.2 Å². The van der Waals surface area contributed by atoms with Crippen molar-refractivity contribution in [2.24, 2.45) is 0 Å². The minimum absolute atomic E-state index is 0.144. The summed E-state index contributed by atoms with van der Waals surface area (Å²) < 4.78 is 0. The van der Waals surface area contributed by atoms with E-state index in [2.05, 4.69) is 0 Å². The second kappa shape index (κ2) is 3.33. The van der Waals surface area contributed by atoms with Crippen molar-refractivity contribution in [1.29, 1.82) is 0 Å². The van der Waals surface area contributed by atoms with E-state index in [1.54, 1.807) is 0 Å². The first kappa shape index (κ1) is 9.36. The van der Waals surface area contributed by atoms with E-state index in [0.29, 0.717) is 16.3 Å². The molecule has 0 unspecified atom stereocenters. The van der Waals surface area contributed by atoms with Gasteiger partial charge in [0, 0.05) is 11.3 Å². The molecule has 1 rings (SSSR count). The molecule has 0 aliphatic carbocycles. The molecule has 2 nitrogen and oxygen atoms in total. The van der Waals surface area contributed by atoms with Crippen LogP contribution in [0.5, 0.6) is 0 Å². The van der Waals surface area contributed by atoms with Gasteiger partial charge in [0.2, 0.25) is 0 Å². The van der Waals surface area contributed by atoms with Crippen molar-refractivity contribution in [3.05, 3.63) is 27.7 Å². The molecule has 0 radical (unpaired) electrons. The molecule has 1 aromatic rings. The summed E-state index contributed by atoms with van der Waals surface area (Å²) in [6.45, 7) is 1.41. The smallest absolute Gasteiger partial charge is 0.161 e. The summed E-state index contributed by atoms with van der Waals surface area (Å²) in [7, 11) is 0. The highest BCUT2D eigenvalue weighted by Crippen LogP contribution is 2.28. The van der Waals surface area contributed by atoms with Crippen LogP contribution in [0, 0.1) is 0 Å². The fourth-order valence-corrected chi connectivity index (χ4v) is 1.34. The van der Waals surface area contributed by atoms with Crippen molar-refractivity contribution in [3.8, 4) is 0 Å². The quantitative estimate of drug-likeness (QED) is 0.564. The topological polar surface area (TPSA) is 43.1 Å². The molecule has 0 aliphatic heterocycles. The van der Waals surface area contributed by atoms with Gasteiger partial charge in [0.25, 0.3) is 0 Å². The molecular formula is C8H7Cl2NO. The normalized spacial score (nSPS) is 9.92. The van der Waals surface area contributed by atoms with E-state index in [1.165, 1.54) is 19.1 Å². The third-order valence-electron chi connectivity index (χ3n) is 1.43. The lowest BCUT2D eigenvalue weighted by Crippen LogP contribution is -1.96. The van der Waals surface area contributed by atoms with Crippen LogP contribution in [0.2, 0.25) is 10.0 Å². The highest BCUT2D eigenvalue weighted by Gasteiger charge is 2.09. The fourth-order valence-electron chi connectivity index (χ4n) is 0.866. The summed E-state index contributed by atoms with van der Waals surface area (Å²) in [6, 6.07) is 3.02. The third kappa shape index (κ3) is 1.71. The van der Waals surface area contributed by atoms with Crippen LogP contribution in [0.15, 0.2) is 12.1 Å². The molecule has 64 valence electrons. The van der Waals surface area contributed by atoms with E-state index in [1.807, 2.05) is 0 Å². The number of nitrogens with two attached hydrogens (primary N) is 1. The Hall–Kier alpha value is -0.730. The summed E-state index contributed by atoms with van der Waals surface area (Å²) in [6.07, 6.45) is 0. The number of rotatable bonds is 1. The minimum Gasteiger partial charge on any atom is -0.399 e. The Balaban J connectivity index is 3.37. The molecule has 0 aliphatic rings. The lowest BCUT2D eigenvalue weighted by atomic mass is 10.1. The Kier molecular flexibility index (Phi) is 2.60. The molecule has 0 spiro atoms. The molecule has 0 bridgehead atoms. The third-order valence-corrected chi connectivity index (χ3v) is 2.23. The largest absolute Gasteiger partial charge is 0.399 e. The number of nitrogen functional groups attached to an aromatic ring is 1. The molecule has 0 saturated heterocycles. The van der Waals surface area contributed by atoms with Crippen LogP contribution in [0.1, 0.15) is 17.3 Å². The predicted octanol–water partition coefficient (Wildman–Crippen LogP) is 2.78. The van der Waals surface area contributed by atoms with Gasteiger partial charge in [-0.15, -0.1) is 0 Å². The second-order valence-electron chi connectivity index (χ2n) is 2.42. The number of Topliss-reactive ketones (excluding diaryl/α,β-unsaturated/α-hetero) is 1. The molecule has 0 saturated carbocycles. The van der Waals surface area contributed by atoms with Gasteiger partial charge in [0.05, 0.1) is 10.0 Å². The Morgan fingerprint density at radius 2 is 2.00 bits per heavy atom. The molecule has 0 heterocycles. The van der Waals surface area contributed by atoms with Crippen LogP contribution < -0.4 is 5.73 Å². The van der Waals surface area contributed by atoms with E-state index in [4.69, 9.17) is 28.9 Å². The van der Waals surface area contributed by atoms with E-state index < -0.39 is 0 Å². The average Bonchev–Trinajstić information content (AvgIpc) is 1.96. The highest BCUT2D eigenvalue weighted by molar-refractivity contribution is 6.44. The zero-order chi connectivity index (χ0) is 9.30. The van der Waals surface area contributed by atoms with E-state index in [-0.39, 0.29) is 10.8 Å². The van der Waals surface area contributed by atoms with Crippen LogP contribution in [0.4, 0.5) is 5.69 Å². The van der Waals surface area contributed by atoms with Gasteiger partial charge in [0.15, 0.2) is 5.78 Å². The zero-order valence-corrected chi connectivity index (χ0v) is 7.91. The zero-order valence-electron chi connectivity index (χ0n) is 6.40. The first-order chi connectivity index (χ1) is 5.52. The van der Waals surface area contributed by atoms with Crippen molar-refractivity contribution in [1.82, 2.24) is 0 Å². The number of ketones is 1. The number of hydrogen-bond acceptors (Lipinski definition) is 2. The number of carbonyl (C=O) groups excluding carboxylic acids is 1. The summed E-state index contributed by atoms with van der Waals surface area (Å²) in [5.41, 5.74) is 6.27. The summed E-state index contributed by atoms with van der Waals surface area (Å²) in [5.74, 6) is -0.144. The molecule has 12 heavy (non-hydrogen) atoms. The van der Waals surface area contributed by atoms with Crippen molar-refractivity contribution < 1.29 is 4.79 Å². The lowest BCUT2D eigenvalue weighted by Gasteiger charge is -2.03. The first-order valence-corrected chi connectivity index (χ1v) is 4.03. The van der Waals surface area contributed by atoms with E-state index in [0.717, 1.165) is 0 Å². The van der Waals surface area contributed by atoms with Crippen LogP contribution in [0.3, 0.4) is 0 Å². The van der Waals surface area contributed by atoms with E-state index >= 15 is 0 Å². The van der Waals surface area contributed by atoms with Crippen molar-refractivity contribution in [2.45, 2.75) is 6.92 Å². The average molecular weight is 204 g/mol. The summed E-state index contributed by atoms with van der Waals surface area (Å²) in [5, 5.41) is 0.570. The van der Waals surface area contributed by atoms with Gasteiger partial charge in [-0.25, -0.2) is 0 Å². The van der Waals surface area contributed by atoms with Gasteiger partial charge < -0.3 is 5.73 Å². The van der Waals surface area contributed by atoms with Crippen molar-refractivity contribution in [3.63, 3.8) is 0 Å². The Labute approximate surface area is 80.3 Å². The number of benzene rings is 1. The van der Waals surface area contributed by atoms with Gasteiger partial charge in [0.1, 0.15) is 0 Å². The summed E-state index contributed by atoms with van der Waals surface area (Å²) in [4.78, 5) is 11.0. The number of halogens is 2. The first-order valence-electron chi connectivity index (χ1n) is 3.28. The van der Waals surface area contributed by atoms with Gasteiger partial charge in [-0.1, -0.05) is 23.2 Å². The maximum Gasteiger partial charge on any atom is 0.161 e. The van der Waals surface area contributed by atoms with E-state index in [9.17, 15) is 4.79 Å². The molecular weight excluding hydrogens is 197 g/mol. The van der Waals surface area contributed by atoms with Gasteiger partial charge in [-0.3, -0.25) is 4.79 Å². The van der Waals surface area contributed by atoms with Gasteiger partial charge >= 0.3 is 0 Å². The number of anilines is 1. The van der Waals surface area contributed by atoms with Crippen LogP contribution in [-0.4, -0.2) is 5.78 Å². The van der Waals surface area contributed by atoms with Crippen LogP contribution in [0.25, 0.3) is 0 Å². The lowest BCUT2D eigenvalue weighted by molar-refractivity contribution is 0.101. The molecule has 2 N–H and O–H groups in total. The van der Waals surface area contributed by atoms with Gasteiger partial charge in [-0.05, 0) is 19.1 Å². The maximum absolute atomic E-state index is 11.0. The Bertz CT molecular complexity index is 336. The minimum atomic E-state index is -0.144. The number of hydrogen-bond donors (Lipinski definition) is 1. The second-order valence-corrected chi connectivity index (χ2v) is 3.21.